The number of amides is 1. The minimum absolute atomic E-state index is 0.0156. The van der Waals surface area contributed by atoms with Crippen molar-refractivity contribution in [3.8, 4) is 0 Å². The molecule has 1 N–H and O–H groups in total. The van der Waals surface area contributed by atoms with Crippen LogP contribution in [0.2, 0.25) is 0 Å². The number of hydrogen-bond donors (Lipinski definition) is 1. The molecule has 8 heteroatoms. The standard InChI is InChI=1S/C30H33F5N2O/c1-28(32,30(33,34)35)21-5-10-25-19(14-21)4-11-26-29(25,17-18-2-6-22(31)7-3-18)12-13-37(26)27(38)20-15-23-8-9-24(16-20)36-23/h2-3,5-7,10,14,20,23-24,26,36H,4,8-9,11-13,15-17H2,1H3/t20?,23-,24+,26-,28?,29-/m1/s1. The second-order valence-corrected chi connectivity index (χ2v) is 12.0. The number of hydrogen-bond acceptors (Lipinski definition) is 2. The molecule has 3 saturated heterocycles. The summed E-state index contributed by atoms with van der Waals surface area (Å²) in [6, 6.07) is 11.3. The van der Waals surface area contributed by atoms with Crippen molar-refractivity contribution in [1.29, 1.82) is 0 Å². The number of halogens is 5. The van der Waals surface area contributed by atoms with Gasteiger partial charge in [-0.05, 0) is 92.7 Å². The first-order chi connectivity index (χ1) is 18.0. The monoisotopic (exact) mass is 532 g/mol. The first-order valence-electron chi connectivity index (χ1n) is 13.7. The van der Waals surface area contributed by atoms with Gasteiger partial charge in [-0.3, -0.25) is 4.79 Å². The van der Waals surface area contributed by atoms with Gasteiger partial charge in [-0.2, -0.15) is 13.2 Å². The summed E-state index contributed by atoms with van der Waals surface area (Å²) in [5.74, 6) is -0.171. The predicted molar refractivity (Wildman–Crippen MR) is 134 cm³/mol. The summed E-state index contributed by atoms with van der Waals surface area (Å²) < 4.78 is 69.0. The van der Waals surface area contributed by atoms with Gasteiger partial charge in [-0.15, -0.1) is 0 Å². The van der Waals surface area contributed by atoms with Crippen molar-refractivity contribution >= 4 is 5.91 Å². The fourth-order valence-corrected chi connectivity index (χ4v) is 7.75. The van der Waals surface area contributed by atoms with E-state index in [0.29, 0.717) is 56.8 Å². The average molecular weight is 533 g/mol. The SMILES string of the molecule is CC(F)(c1ccc2c(c1)CC[C@H]1N(C(=O)C3C[C@H]4CC[C@@H](C3)N4)CC[C@@]21Cc1ccc(F)cc1)C(F)(F)F. The zero-order chi connectivity index (χ0) is 26.9. The summed E-state index contributed by atoms with van der Waals surface area (Å²) >= 11 is 0. The first kappa shape index (κ1) is 25.8. The van der Waals surface area contributed by atoms with Gasteiger partial charge < -0.3 is 10.2 Å². The fraction of sp³-hybridized carbons (Fsp3) is 0.567. The van der Waals surface area contributed by atoms with E-state index in [2.05, 4.69) is 5.32 Å². The summed E-state index contributed by atoms with van der Waals surface area (Å²) in [6.45, 7) is 1.14. The molecular formula is C30H33F5N2O. The number of fused-ring (bicyclic) bond motifs is 5. The Balaban J connectivity index is 1.37. The summed E-state index contributed by atoms with van der Waals surface area (Å²) in [5, 5.41) is 3.60. The van der Waals surface area contributed by atoms with Crippen LogP contribution < -0.4 is 5.32 Å². The number of benzene rings is 2. The van der Waals surface area contributed by atoms with Crippen LogP contribution in [0.1, 0.15) is 67.7 Å². The minimum Gasteiger partial charge on any atom is -0.339 e. The lowest BCUT2D eigenvalue weighted by Gasteiger charge is -2.45. The Morgan fingerprint density at radius 3 is 2.37 bits per heavy atom. The fourth-order valence-electron chi connectivity index (χ4n) is 7.75. The topological polar surface area (TPSA) is 32.3 Å². The summed E-state index contributed by atoms with van der Waals surface area (Å²) in [7, 11) is 0. The molecule has 2 unspecified atom stereocenters. The lowest BCUT2D eigenvalue weighted by molar-refractivity contribution is -0.228. The largest absolute Gasteiger partial charge is 0.426 e. The molecule has 2 aromatic carbocycles. The van der Waals surface area contributed by atoms with Gasteiger partial charge in [0, 0.05) is 36.0 Å². The van der Waals surface area contributed by atoms with E-state index in [0.717, 1.165) is 36.8 Å². The zero-order valence-electron chi connectivity index (χ0n) is 21.5. The molecule has 6 atom stereocenters. The van der Waals surface area contributed by atoms with E-state index in [1.54, 1.807) is 18.2 Å². The Labute approximate surface area is 219 Å². The molecule has 4 aliphatic rings. The maximum atomic E-state index is 14.9. The Morgan fingerprint density at radius 2 is 1.71 bits per heavy atom. The van der Waals surface area contributed by atoms with Crippen molar-refractivity contribution < 1.29 is 26.7 Å². The van der Waals surface area contributed by atoms with E-state index < -0.39 is 22.8 Å². The van der Waals surface area contributed by atoms with Crippen molar-refractivity contribution in [2.24, 2.45) is 5.92 Å². The van der Waals surface area contributed by atoms with Gasteiger partial charge in [0.2, 0.25) is 11.6 Å². The van der Waals surface area contributed by atoms with Crippen molar-refractivity contribution in [3.63, 3.8) is 0 Å². The Morgan fingerprint density at radius 1 is 1.03 bits per heavy atom. The van der Waals surface area contributed by atoms with E-state index in [-0.39, 0.29) is 23.7 Å². The highest BCUT2D eigenvalue weighted by Crippen LogP contribution is 2.51. The molecule has 38 heavy (non-hydrogen) atoms. The van der Waals surface area contributed by atoms with Crippen LogP contribution in [0.15, 0.2) is 42.5 Å². The Bertz CT molecular complexity index is 1210. The van der Waals surface area contributed by atoms with Crippen LogP contribution in [0, 0.1) is 11.7 Å². The van der Waals surface area contributed by atoms with Crippen LogP contribution in [-0.4, -0.2) is 41.7 Å². The van der Waals surface area contributed by atoms with E-state index in [1.165, 1.54) is 24.3 Å². The maximum Gasteiger partial charge on any atom is 0.426 e. The third kappa shape index (κ3) is 4.14. The van der Waals surface area contributed by atoms with Crippen molar-refractivity contribution in [1.82, 2.24) is 10.2 Å². The molecule has 2 aromatic rings. The molecule has 3 nitrogen and oxygen atoms in total. The Hall–Kier alpha value is -2.48. The smallest absolute Gasteiger partial charge is 0.339 e. The van der Waals surface area contributed by atoms with Crippen LogP contribution in [0.25, 0.3) is 0 Å². The third-order valence-electron chi connectivity index (χ3n) is 9.75. The molecule has 0 aromatic heterocycles. The normalized spacial score (nSPS) is 32.0. The zero-order valence-corrected chi connectivity index (χ0v) is 21.5. The second-order valence-electron chi connectivity index (χ2n) is 12.0. The van der Waals surface area contributed by atoms with Gasteiger partial charge in [0.1, 0.15) is 5.82 Å². The molecule has 0 spiro atoms. The third-order valence-corrected chi connectivity index (χ3v) is 9.75. The Kier molecular flexibility index (Phi) is 6.13. The molecule has 1 amide bonds. The maximum absolute atomic E-state index is 14.9. The van der Waals surface area contributed by atoms with Crippen molar-refractivity contribution in [2.45, 2.75) is 93.7 Å². The van der Waals surface area contributed by atoms with Crippen LogP contribution in [0.4, 0.5) is 22.0 Å². The van der Waals surface area contributed by atoms with Crippen LogP contribution in [0.5, 0.6) is 0 Å². The number of nitrogens with zero attached hydrogens (tertiary/aromatic N) is 1. The van der Waals surface area contributed by atoms with E-state index in [4.69, 9.17) is 0 Å². The van der Waals surface area contributed by atoms with E-state index >= 15 is 0 Å². The highest BCUT2D eigenvalue weighted by molar-refractivity contribution is 5.80. The highest BCUT2D eigenvalue weighted by Gasteiger charge is 2.56. The van der Waals surface area contributed by atoms with Crippen LogP contribution in [-0.2, 0) is 28.7 Å². The van der Waals surface area contributed by atoms with Crippen LogP contribution >= 0.6 is 0 Å². The van der Waals surface area contributed by atoms with E-state index in [1.807, 2.05) is 4.90 Å². The quantitative estimate of drug-likeness (QED) is 0.481. The molecule has 3 aliphatic heterocycles. The van der Waals surface area contributed by atoms with Crippen molar-refractivity contribution in [3.05, 3.63) is 70.5 Å². The molecule has 204 valence electrons. The molecule has 3 heterocycles. The highest BCUT2D eigenvalue weighted by atomic mass is 19.4. The molecule has 2 bridgehead atoms. The molecule has 6 rings (SSSR count). The summed E-state index contributed by atoms with van der Waals surface area (Å²) in [5.41, 5.74) is -1.85. The van der Waals surface area contributed by atoms with Gasteiger partial charge in [-0.25, -0.2) is 8.78 Å². The molecular weight excluding hydrogens is 499 g/mol. The number of rotatable bonds is 4. The number of likely N-dealkylation sites (tertiary alicyclic amines) is 1. The molecule has 0 saturated carbocycles. The van der Waals surface area contributed by atoms with Gasteiger partial charge in [0.05, 0.1) is 0 Å². The molecule has 1 aliphatic carbocycles. The number of nitrogens with one attached hydrogen (secondary N) is 1. The lowest BCUT2D eigenvalue weighted by Crippen LogP contribution is -2.52. The molecule has 0 radical (unpaired) electrons. The number of carbonyl (C=O) groups excluding carboxylic acids is 1. The number of alkyl halides is 4. The van der Waals surface area contributed by atoms with Gasteiger partial charge in [0.15, 0.2) is 0 Å². The second kappa shape index (κ2) is 9.04. The predicted octanol–water partition coefficient (Wildman–Crippen LogP) is 6.13. The number of aryl methyl sites for hydroxylation is 1. The number of carbonyl (C=O) groups is 1. The number of piperidine rings is 1. The van der Waals surface area contributed by atoms with Gasteiger partial charge in [-0.1, -0.05) is 30.3 Å². The van der Waals surface area contributed by atoms with Crippen molar-refractivity contribution in [2.75, 3.05) is 6.54 Å². The first-order valence-corrected chi connectivity index (χ1v) is 13.7. The molecule has 3 fully saturated rings. The lowest BCUT2D eigenvalue weighted by atomic mass is 9.63. The summed E-state index contributed by atoms with van der Waals surface area (Å²) in [6.07, 6.45) is 1.17. The average Bonchev–Trinajstić information content (AvgIpc) is 3.43. The van der Waals surface area contributed by atoms with Gasteiger partial charge in [0.25, 0.3) is 0 Å². The van der Waals surface area contributed by atoms with E-state index in [9.17, 15) is 26.7 Å². The summed E-state index contributed by atoms with van der Waals surface area (Å²) in [4.78, 5) is 15.9. The van der Waals surface area contributed by atoms with Crippen LogP contribution in [0.3, 0.4) is 0 Å². The van der Waals surface area contributed by atoms with Gasteiger partial charge >= 0.3 is 6.18 Å². The minimum atomic E-state index is -5.02.